The highest BCUT2D eigenvalue weighted by atomic mass is 16.3. The largest absolute Gasteiger partial charge is 0.511 e. The van der Waals surface area contributed by atoms with E-state index in [-0.39, 0.29) is 60.5 Å². The summed E-state index contributed by atoms with van der Waals surface area (Å²) >= 11 is 0. The zero-order chi connectivity index (χ0) is 21.2. The van der Waals surface area contributed by atoms with Crippen LogP contribution >= 0.6 is 0 Å². The number of hydrogen-bond donors (Lipinski definition) is 2. The smallest absolute Gasteiger partial charge is 0.261 e. The van der Waals surface area contributed by atoms with E-state index in [0.717, 1.165) is 0 Å². The molecule has 7 heteroatoms. The van der Waals surface area contributed by atoms with Crippen LogP contribution in [0.2, 0.25) is 0 Å². The van der Waals surface area contributed by atoms with Gasteiger partial charge in [-0.1, -0.05) is 26.0 Å². The lowest BCUT2D eigenvalue weighted by Gasteiger charge is -2.31. The van der Waals surface area contributed by atoms with E-state index in [4.69, 9.17) is 5.11 Å². The number of nitrogens with zero attached hydrogens (tertiary/aromatic N) is 2. The quantitative estimate of drug-likeness (QED) is 0.435. The van der Waals surface area contributed by atoms with Crippen LogP contribution < -0.4 is 0 Å². The van der Waals surface area contributed by atoms with Crippen molar-refractivity contribution in [1.29, 1.82) is 0 Å². The van der Waals surface area contributed by atoms with Crippen molar-refractivity contribution in [1.82, 2.24) is 4.90 Å². The molecule has 1 aliphatic heterocycles. The summed E-state index contributed by atoms with van der Waals surface area (Å²) in [5.41, 5.74) is 1.26. The van der Waals surface area contributed by atoms with Crippen molar-refractivity contribution in [3.05, 3.63) is 46.7 Å². The average molecular weight is 398 g/mol. The molecule has 0 spiro atoms. The van der Waals surface area contributed by atoms with Crippen molar-refractivity contribution in [3.8, 4) is 0 Å². The zero-order valence-corrected chi connectivity index (χ0v) is 16.8. The van der Waals surface area contributed by atoms with Crippen molar-refractivity contribution in [2.45, 2.75) is 39.5 Å². The third-order valence-corrected chi connectivity index (χ3v) is 5.22. The number of aliphatic imine (C=N–C) groups is 1. The van der Waals surface area contributed by atoms with Gasteiger partial charge in [-0.3, -0.25) is 24.3 Å². The highest BCUT2D eigenvalue weighted by Crippen LogP contribution is 2.36. The summed E-state index contributed by atoms with van der Waals surface area (Å²) in [6, 6.07) is 6.68. The summed E-state index contributed by atoms with van der Waals surface area (Å²) in [5.74, 6) is -0.910. The first-order valence-electron chi connectivity index (χ1n) is 9.80. The van der Waals surface area contributed by atoms with Crippen molar-refractivity contribution in [3.63, 3.8) is 0 Å². The molecule has 154 valence electrons. The number of imide groups is 1. The molecule has 2 N–H and O–H groups in total. The van der Waals surface area contributed by atoms with Gasteiger partial charge in [-0.25, -0.2) is 0 Å². The second-order valence-electron chi connectivity index (χ2n) is 8.23. The molecule has 29 heavy (non-hydrogen) atoms. The number of ketones is 1. The molecule has 1 aromatic rings. The molecule has 1 heterocycles. The van der Waals surface area contributed by atoms with Gasteiger partial charge in [0.15, 0.2) is 5.78 Å². The normalized spacial score (nSPS) is 21.7. The summed E-state index contributed by atoms with van der Waals surface area (Å²) in [4.78, 5) is 42.9. The minimum atomic E-state index is -0.335. The second-order valence-corrected chi connectivity index (χ2v) is 8.23. The molecule has 0 radical (unpaired) electrons. The number of fused-ring (bicyclic) bond motifs is 1. The Morgan fingerprint density at radius 1 is 1.10 bits per heavy atom. The van der Waals surface area contributed by atoms with Gasteiger partial charge in [0.05, 0.1) is 29.9 Å². The fourth-order valence-corrected chi connectivity index (χ4v) is 3.91. The number of aliphatic hydroxyl groups is 2. The molecular weight excluding hydrogens is 372 g/mol. The Bertz CT molecular complexity index is 879. The first-order chi connectivity index (χ1) is 13.7. The van der Waals surface area contributed by atoms with Crippen LogP contribution in [0.4, 0.5) is 0 Å². The molecule has 0 bridgehead atoms. The number of benzene rings is 1. The van der Waals surface area contributed by atoms with Gasteiger partial charge < -0.3 is 10.2 Å². The third kappa shape index (κ3) is 4.29. The van der Waals surface area contributed by atoms with Crippen LogP contribution in [-0.4, -0.2) is 58.1 Å². The molecule has 1 aliphatic carbocycles. The van der Waals surface area contributed by atoms with E-state index >= 15 is 0 Å². The van der Waals surface area contributed by atoms with E-state index in [1.165, 1.54) is 4.90 Å². The monoisotopic (exact) mass is 398 g/mol. The predicted molar refractivity (Wildman–Crippen MR) is 108 cm³/mol. The van der Waals surface area contributed by atoms with E-state index in [1.807, 2.05) is 13.8 Å². The van der Waals surface area contributed by atoms with Crippen LogP contribution in [0.1, 0.15) is 60.2 Å². The number of Topliss-reactive ketones (excluding diaryl/α,β-unsaturated/α-hetero) is 1. The maximum atomic E-state index is 12.6. The van der Waals surface area contributed by atoms with Crippen LogP contribution in [0.5, 0.6) is 0 Å². The summed E-state index contributed by atoms with van der Waals surface area (Å²) in [6.07, 6.45) is 1.34. The molecule has 1 saturated carbocycles. The Balaban J connectivity index is 1.71. The number of allylic oxidation sites excluding steroid dienone is 2. The molecule has 0 aromatic heterocycles. The molecule has 7 nitrogen and oxygen atoms in total. The lowest BCUT2D eigenvalue weighted by atomic mass is 9.73. The Morgan fingerprint density at radius 2 is 1.72 bits per heavy atom. The van der Waals surface area contributed by atoms with Crippen LogP contribution in [0.3, 0.4) is 0 Å². The molecule has 0 atom stereocenters. The molecule has 3 rings (SSSR count). The van der Waals surface area contributed by atoms with Gasteiger partial charge in [0.25, 0.3) is 11.8 Å². The van der Waals surface area contributed by atoms with Crippen molar-refractivity contribution >= 4 is 23.3 Å². The SMILES string of the molecule is CC1(C)CC(=O)/C(=C(/O)CCCN2C(=O)c3ccccc3C2=O)C(=NCCO)C1. The maximum absolute atomic E-state index is 12.6. The molecule has 1 aromatic carbocycles. The Labute approximate surface area is 169 Å². The number of carbonyl (C=O) groups is 3. The van der Waals surface area contributed by atoms with Crippen molar-refractivity contribution < 1.29 is 24.6 Å². The minimum Gasteiger partial charge on any atom is -0.511 e. The topological polar surface area (TPSA) is 107 Å². The van der Waals surface area contributed by atoms with Crippen LogP contribution in [0.25, 0.3) is 0 Å². The van der Waals surface area contributed by atoms with Crippen LogP contribution in [0.15, 0.2) is 40.6 Å². The number of hydrogen-bond acceptors (Lipinski definition) is 6. The number of rotatable bonds is 6. The van der Waals surface area contributed by atoms with Crippen molar-refractivity contribution in [2.24, 2.45) is 10.4 Å². The molecule has 2 amide bonds. The van der Waals surface area contributed by atoms with E-state index in [1.54, 1.807) is 24.3 Å². The molecular formula is C22H26N2O5. The number of carbonyl (C=O) groups excluding carboxylic acids is 3. The zero-order valence-electron chi connectivity index (χ0n) is 16.8. The van der Waals surface area contributed by atoms with Gasteiger partial charge in [0, 0.05) is 25.1 Å². The van der Waals surface area contributed by atoms with E-state index in [2.05, 4.69) is 4.99 Å². The van der Waals surface area contributed by atoms with Gasteiger partial charge >= 0.3 is 0 Å². The highest BCUT2D eigenvalue weighted by Gasteiger charge is 2.37. The van der Waals surface area contributed by atoms with Crippen molar-refractivity contribution in [2.75, 3.05) is 19.7 Å². The van der Waals surface area contributed by atoms with Crippen LogP contribution in [0, 0.1) is 5.41 Å². The molecule has 0 saturated heterocycles. The first-order valence-corrected chi connectivity index (χ1v) is 9.80. The van der Waals surface area contributed by atoms with E-state index < -0.39 is 0 Å². The Morgan fingerprint density at radius 3 is 2.31 bits per heavy atom. The molecule has 2 aliphatic rings. The van der Waals surface area contributed by atoms with Gasteiger partial charge in [0.1, 0.15) is 5.76 Å². The summed E-state index contributed by atoms with van der Waals surface area (Å²) in [7, 11) is 0. The predicted octanol–water partition coefficient (Wildman–Crippen LogP) is 2.70. The third-order valence-electron chi connectivity index (χ3n) is 5.22. The first kappa shape index (κ1) is 20.9. The van der Waals surface area contributed by atoms with E-state index in [0.29, 0.717) is 36.1 Å². The van der Waals surface area contributed by atoms with Gasteiger partial charge in [-0.15, -0.1) is 0 Å². The summed E-state index contributed by atoms with van der Waals surface area (Å²) in [6.45, 7) is 4.13. The molecule has 1 fully saturated rings. The lowest BCUT2D eigenvalue weighted by molar-refractivity contribution is -0.117. The fourth-order valence-electron chi connectivity index (χ4n) is 3.91. The summed E-state index contributed by atoms with van der Waals surface area (Å²) in [5, 5.41) is 19.7. The highest BCUT2D eigenvalue weighted by molar-refractivity contribution is 6.24. The summed E-state index contributed by atoms with van der Waals surface area (Å²) < 4.78 is 0. The lowest BCUT2D eigenvalue weighted by Crippen LogP contribution is -2.33. The molecule has 0 unspecified atom stereocenters. The number of aliphatic hydroxyl groups excluding tert-OH is 2. The minimum absolute atomic E-state index is 0.0706. The maximum Gasteiger partial charge on any atom is 0.261 e. The standard InChI is InChI=1S/C22H26N2O5/c1-22(2)12-16(23-9-11-25)19(18(27)13-22)17(26)8-5-10-24-20(28)14-6-3-4-7-15(14)21(24)29/h3-4,6-7,25-26H,5,8-13H2,1-2H3/b19-17+,23-16?. The van der Waals surface area contributed by atoms with Gasteiger partial charge in [0.2, 0.25) is 0 Å². The van der Waals surface area contributed by atoms with Gasteiger partial charge in [-0.05, 0) is 30.4 Å². The van der Waals surface area contributed by atoms with E-state index in [9.17, 15) is 19.5 Å². The van der Waals surface area contributed by atoms with Crippen LogP contribution in [-0.2, 0) is 4.79 Å². The second kappa shape index (κ2) is 8.29. The fraction of sp³-hybridized carbons (Fsp3) is 0.455. The number of amides is 2. The van der Waals surface area contributed by atoms with Gasteiger partial charge in [-0.2, -0.15) is 0 Å². The average Bonchev–Trinajstić information content (AvgIpc) is 2.90. The Kier molecular flexibility index (Phi) is 5.98. The Hall–Kier alpha value is -2.80.